The van der Waals surface area contributed by atoms with Crippen molar-refractivity contribution in [2.45, 2.75) is 152 Å². The summed E-state index contributed by atoms with van der Waals surface area (Å²) in [6.07, 6.45) is 30.5. The first-order valence-electron chi connectivity index (χ1n) is 16.2. The molecule has 1 unspecified atom stereocenters. The predicted molar refractivity (Wildman–Crippen MR) is 191 cm³/mol. The van der Waals surface area contributed by atoms with E-state index in [-0.39, 0.29) is 6.61 Å². The van der Waals surface area contributed by atoms with Gasteiger partial charge in [-0.25, -0.2) is 0 Å². The number of allylic oxidation sites excluding steroid dienone is 13. The molecule has 0 aliphatic heterocycles. The monoisotopic (exact) mass is 581 g/mol. The molecule has 0 saturated heterocycles. The van der Waals surface area contributed by atoms with Crippen LogP contribution in [0.5, 0.6) is 0 Å². The average molecular weight is 581 g/mol. The molecule has 0 aliphatic carbocycles. The number of rotatable bonds is 20. The van der Waals surface area contributed by atoms with Crippen LogP contribution in [0, 0.1) is 0 Å². The smallest absolute Gasteiger partial charge is 0.0800 e. The molecule has 0 aromatic heterocycles. The Morgan fingerprint density at radius 3 is 1.21 bits per heavy atom. The highest BCUT2D eigenvalue weighted by atomic mass is 16.3. The normalized spacial score (nSPS) is 14.5. The maximum atomic E-state index is 9.73. The van der Waals surface area contributed by atoms with Gasteiger partial charge in [-0.15, -0.1) is 6.58 Å². The quantitative estimate of drug-likeness (QED) is 0.111. The van der Waals surface area contributed by atoms with Crippen LogP contribution in [0.25, 0.3) is 0 Å². The van der Waals surface area contributed by atoms with Gasteiger partial charge in [-0.05, 0) is 146 Å². The van der Waals surface area contributed by atoms with Crippen molar-refractivity contribution in [1.29, 1.82) is 0 Å². The van der Waals surface area contributed by atoms with Gasteiger partial charge in [0.2, 0.25) is 0 Å². The third kappa shape index (κ3) is 30.8. The van der Waals surface area contributed by atoms with E-state index in [4.69, 9.17) is 5.11 Å². The highest BCUT2D eigenvalue weighted by Gasteiger charge is 2.13. The van der Waals surface area contributed by atoms with Crippen LogP contribution in [0.2, 0.25) is 0 Å². The molecule has 1 atom stereocenters. The molecule has 0 spiro atoms. The minimum absolute atomic E-state index is 0.156. The van der Waals surface area contributed by atoms with Gasteiger partial charge in [0.1, 0.15) is 0 Å². The van der Waals surface area contributed by atoms with Crippen LogP contribution < -0.4 is 0 Å². The number of unbranched alkanes of at least 4 members (excludes halogenated alkanes) is 1. The Hall–Kier alpha value is -2.16. The fraction of sp³-hybridized carbons (Fsp3) is 0.600. The SMILES string of the molecule is C=CC(C)(O)CC/C=C(\C)CCC=C(C)C.CC(C)=CCC/C(C)=C/CC/C(C)=C/CC/C=C(/C)CC/C(C)=C\CO. The van der Waals surface area contributed by atoms with Crippen LogP contribution in [-0.4, -0.2) is 22.4 Å². The van der Waals surface area contributed by atoms with Gasteiger partial charge in [0.15, 0.2) is 0 Å². The fourth-order valence-electron chi connectivity index (χ4n) is 4.16. The van der Waals surface area contributed by atoms with Gasteiger partial charge < -0.3 is 10.2 Å². The van der Waals surface area contributed by atoms with Crippen LogP contribution in [0.4, 0.5) is 0 Å². The second kappa shape index (κ2) is 26.5. The summed E-state index contributed by atoms with van der Waals surface area (Å²) in [5, 5.41) is 18.6. The molecule has 240 valence electrons. The van der Waals surface area contributed by atoms with E-state index in [0.717, 1.165) is 57.8 Å². The number of hydrogen-bond acceptors (Lipinski definition) is 2. The highest BCUT2D eigenvalue weighted by Crippen LogP contribution is 2.16. The zero-order chi connectivity index (χ0) is 32.4. The molecule has 0 aliphatic rings. The molecule has 2 N–H and O–H groups in total. The van der Waals surface area contributed by atoms with Crippen molar-refractivity contribution >= 4 is 0 Å². The number of aliphatic hydroxyl groups is 2. The maximum Gasteiger partial charge on any atom is 0.0800 e. The fourth-order valence-corrected chi connectivity index (χ4v) is 4.16. The van der Waals surface area contributed by atoms with E-state index in [1.54, 1.807) is 13.0 Å². The lowest BCUT2D eigenvalue weighted by atomic mass is 9.99. The molecule has 0 radical (unpaired) electrons. The largest absolute Gasteiger partial charge is 0.392 e. The summed E-state index contributed by atoms with van der Waals surface area (Å²) in [5.41, 5.74) is 9.22. The highest BCUT2D eigenvalue weighted by molar-refractivity contribution is 5.08. The first-order chi connectivity index (χ1) is 19.7. The summed E-state index contributed by atoms with van der Waals surface area (Å²) in [7, 11) is 0. The van der Waals surface area contributed by atoms with Gasteiger partial charge in [-0.1, -0.05) is 87.6 Å². The van der Waals surface area contributed by atoms with Crippen LogP contribution in [-0.2, 0) is 0 Å². The standard InChI is InChI=1S/C25H42O.C15H26O/c1-21(2)11-9-14-23(4)16-10-15-22(3)12-7-8-13-24(5)17-18-25(6)19-20-26;1-6-15(5,16)12-8-11-14(4)10-7-9-13(2)3/h11-13,16,19,26H,7-10,14-15,17-18,20H2,1-6H3;6,9,11,16H,1,7-8,10,12H2,2-5H3/b22-12+,23-16+,24-13-,25-19-;14-11+. The minimum atomic E-state index is -0.726. The average Bonchev–Trinajstić information content (AvgIpc) is 2.90. The Labute approximate surface area is 262 Å². The topological polar surface area (TPSA) is 40.5 Å². The molecule has 42 heavy (non-hydrogen) atoms. The van der Waals surface area contributed by atoms with Gasteiger partial charge in [0, 0.05) is 0 Å². The molecule has 0 aromatic carbocycles. The lowest BCUT2D eigenvalue weighted by Crippen LogP contribution is -2.19. The maximum absolute atomic E-state index is 9.73. The van der Waals surface area contributed by atoms with E-state index in [0.29, 0.717) is 0 Å². The molecular formula is C40H68O2. The molecule has 0 heterocycles. The first kappa shape index (κ1) is 42.0. The van der Waals surface area contributed by atoms with Gasteiger partial charge in [-0.3, -0.25) is 0 Å². The molecule has 0 rings (SSSR count). The predicted octanol–water partition coefficient (Wildman–Crippen LogP) is 12.2. The van der Waals surface area contributed by atoms with Gasteiger partial charge >= 0.3 is 0 Å². The van der Waals surface area contributed by atoms with Crippen LogP contribution in [0.3, 0.4) is 0 Å². The molecule has 0 aromatic rings. The van der Waals surface area contributed by atoms with E-state index in [1.165, 1.54) is 58.3 Å². The molecular weight excluding hydrogens is 512 g/mol. The summed E-state index contributed by atoms with van der Waals surface area (Å²) < 4.78 is 0. The minimum Gasteiger partial charge on any atom is -0.392 e. The molecule has 0 bridgehead atoms. The number of hydrogen-bond donors (Lipinski definition) is 2. The van der Waals surface area contributed by atoms with Crippen molar-refractivity contribution in [3.63, 3.8) is 0 Å². The van der Waals surface area contributed by atoms with Crippen LogP contribution in [0.1, 0.15) is 146 Å². The molecule has 2 nitrogen and oxygen atoms in total. The van der Waals surface area contributed by atoms with Gasteiger partial charge in [0.05, 0.1) is 12.2 Å². The summed E-state index contributed by atoms with van der Waals surface area (Å²) in [6.45, 7) is 25.1. The van der Waals surface area contributed by atoms with Crippen molar-refractivity contribution in [3.8, 4) is 0 Å². The van der Waals surface area contributed by atoms with Crippen molar-refractivity contribution in [2.24, 2.45) is 0 Å². The van der Waals surface area contributed by atoms with Gasteiger partial charge in [-0.2, -0.15) is 0 Å². The Morgan fingerprint density at radius 1 is 0.500 bits per heavy atom. The van der Waals surface area contributed by atoms with Crippen molar-refractivity contribution in [3.05, 3.63) is 94.2 Å². The van der Waals surface area contributed by atoms with E-state index in [1.807, 2.05) is 6.08 Å². The number of aliphatic hydroxyl groups excluding tert-OH is 1. The Bertz CT molecular complexity index is 936. The zero-order valence-electron chi connectivity index (χ0n) is 29.4. The third-order valence-corrected chi connectivity index (χ3v) is 7.30. The summed E-state index contributed by atoms with van der Waals surface area (Å²) in [4.78, 5) is 0. The van der Waals surface area contributed by atoms with Gasteiger partial charge in [0.25, 0.3) is 0 Å². The van der Waals surface area contributed by atoms with E-state index >= 15 is 0 Å². The molecule has 0 saturated carbocycles. The zero-order valence-corrected chi connectivity index (χ0v) is 29.4. The lowest BCUT2D eigenvalue weighted by molar-refractivity contribution is 0.103. The van der Waals surface area contributed by atoms with E-state index < -0.39 is 5.60 Å². The lowest BCUT2D eigenvalue weighted by Gasteiger charge is -2.16. The second-order valence-corrected chi connectivity index (χ2v) is 12.8. The van der Waals surface area contributed by atoms with Crippen molar-refractivity contribution < 1.29 is 10.2 Å². The summed E-state index contributed by atoms with van der Waals surface area (Å²) >= 11 is 0. The van der Waals surface area contributed by atoms with Crippen LogP contribution in [0.15, 0.2) is 94.2 Å². The summed E-state index contributed by atoms with van der Waals surface area (Å²) in [6, 6.07) is 0. The van der Waals surface area contributed by atoms with E-state index in [2.05, 4.69) is 105 Å². The summed E-state index contributed by atoms with van der Waals surface area (Å²) in [5.74, 6) is 0. The van der Waals surface area contributed by atoms with Crippen molar-refractivity contribution in [1.82, 2.24) is 0 Å². The third-order valence-electron chi connectivity index (χ3n) is 7.30. The first-order valence-corrected chi connectivity index (χ1v) is 16.2. The Kier molecular flexibility index (Phi) is 26.4. The molecule has 0 fully saturated rings. The second-order valence-electron chi connectivity index (χ2n) is 12.8. The van der Waals surface area contributed by atoms with Crippen molar-refractivity contribution in [2.75, 3.05) is 6.61 Å². The molecule has 0 amide bonds. The molecule has 2 heteroatoms. The van der Waals surface area contributed by atoms with E-state index in [9.17, 15) is 5.11 Å². The Morgan fingerprint density at radius 2 is 0.833 bits per heavy atom. The Balaban J connectivity index is 0. The van der Waals surface area contributed by atoms with Crippen LogP contribution >= 0.6 is 0 Å².